The van der Waals surface area contributed by atoms with Crippen molar-refractivity contribution in [3.8, 4) is 17.6 Å². The zero-order valence-corrected chi connectivity index (χ0v) is 20.8. The molecule has 37 heavy (non-hydrogen) atoms. The number of carbonyl (C=O) groups is 1. The molecule has 3 N–H and O–H groups in total. The van der Waals surface area contributed by atoms with Gasteiger partial charge in [0, 0.05) is 43.2 Å². The Labute approximate surface area is 213 Å². The second-order valence-electron chi connectivity index (χ2n) is 10.6. The Kier molecular flexibility index (Phi) is 4.70. The lowest BCUT2D eigenvalue weighted by Crippen LogP contribution is -2.41. The molecule has 2 aromatic heterocycles. The molecule has 188 valence electrons. The van der Waals surface area contributed by atoms with Gasteiger partial charge in [-0.1, -0.05) is 13.0 Å². The van der Waals surface area contributed by atoms with Crippen LogP contribution in [-0.4, -0.2) is 50.1 Å². The molecular weight excluding hydrogens is 469 g/mol. The molecule has 4 atom stereocenters. The minimum Gasteiger partial charge on any atom is -0.380 e. The monoisotopic (exact) mass is 497 g/mol. The van der Waals surface area contributed by atoms with E-state index in [1.807, 2.05) is 24.1 Å². The third-order valence-corrected chi connectivity index (χ3v) is 8.79. The highest BCUT2D eigenvalue weighted by molar-refractivity contribution is 6.00. The molecule has 4 aromatic rings. The SMILES string of the molecule is CCC1CNc2c(C#N)ccc3cc(-c4nc5cc(C(=O)N6C[C@H]7CC[C@@H]6[C@@H]7N)cc(F)c5n4C)n1c23. The number of amides is 1. The lowest BCUT2D eigenvalue weighted by molar-refractivity contribution is 0.0700. The van der Waals surface area contributed by atoms with Gasteiger partial charge in [0.15, 0.2) is 5.82 Å². The van der Waals surface area contributed by atoms with Crippen LogP contribution in [0.25, 0.3) is 33.5 Å². The molecule has 1 saturated carbocycles. The van der Waals surface area contributed by atoms with Crippen molar-refractivity contribution >= 4 is 33.5 Å². The second kappa shape index (κ2) is 7.80. The van der Waals surface area contributed by atoms with E-state index in [2.05, 4.69) is 28.9 Å². The number of halogens is 1. The highest BCUT2D eigenvalue weighted by Gasteiger charge is 2.47. The van der Waals surface area contributed by atoms with Gasteiger partial charge in [0.25, 0.3) is 5.91 Å². The van der Waals surface area contributed by atoms with Crippen LogP contribution in [-0.2, 0) is 7.05 Å². The van der Waals surface area contributed by atoms with Gasteiger partial charge in [-0.25, -0.2) is 9.37 Å². The summed E-state index contributed by atoms with van der Waals surface area (Å²) in [5.74, 6) is 0.315. The molecule has 8 nitrogen and oxygen atoms in total. The number of nitrogens with one attached hydrogen (secondary N) is 1. The quantitative estimate of drug-likeness (QED) is 0.443. The average molecular weight is 498 g/mol. The summed E-state index contributed by atoms with van der Waals surface area (Å²) >= 11 is 0. The Morgan fingerprint density at radius 1 is 1.27 bits per heavy atom. The first-order chi connectivity index (χ1) is 17.9. The summed E-state index contributed by atoms with van der Waals surface area (Å²) in [6, 6.07) is 11.4. The summed E-state index contributed by atoms with van der Waals surface area (Å²) in [4.78, 5) is 20.1. The number of hydrogen-bond donors (Lipinski definition) is 2. The van der Waals surface area contributed by atoms with Gasteiger partial charge < -0.3 is 25.1 Å². The number of nitrogens with zero attached hydrogens (tertiary/aromatic N) is 5. The van der Waals surface area contributed by atoms with E-state index in [4.69, 9.17) is 10.7 Å². The molecule has 2 aliphatic heterocycles. The zero-order valence-electron chi connectivity index (χ0n) is 20.8. The van der Waals surface area contributed by atoms with Gasteiger partial charge in [-0.3, -0.25) is 4.79 Å². The Morgan fingerprint density at radius 2 is 2.11 bits per heavy atom. The van der Waals surface area contributed by atoms with E-state index in [1.165, 1.54) is 6.07 Å². The molecule has 2 bridgehead atoms. The molecular formula is C28H28FN7O. The lowest BCUT2D eigenvalue weighted by atomic mass is 10.1. The van der Waals surface area contributed by atoms with E-state index in [1.54, 1.807) is 10.6 Å². The van der Waals surface area contributed by atoms with Crippen LogP contribution in [0, 0.1) is 23.1 Å². The fourth-order valence-electron chi connectivity index (χ4n) is 6.88. The smallest absolute Gasteiger partial charge is 0.254 e. The predicted molar refractivity (Wildman–Crippen MR) is 140 cm³/mol. The molecule has 0 radical (unpaired) electrons. The maximum absolute atomic E-state index is 15.5. The van der Waals surface area contributed by atoms with E-state index in [0.29, 0.717) is 47.0 Å². The number of aromatic nitrogens is 3. The van der Waals surface area contributed by atoms with Crippen molar-refractivity contribution in [3.05, 3.63) is 47.3 Å². The summed E-state index contributed by atoms with van der Waals surface area (Å²) in [5.41, 5.74) is 10.7. The number of fused-ring (bicyclic) bond motifs is 3. The number of aryl methyl sites for hydroxylation is 1. The van der Waals surface area contributed by atoms with Crippen molar-refractivity contribution in [2.24, 2.45) is 18.7 Å². The topological polar surface area (TPSA) is 105 Å². The van der Waals surface area contributed by atoms with Gasteiger partial charge in [0.05, 0.1) is 34.0 Å². The number of anilines is 1. The summed E-state index contributed by atoms with van der Waals surface area (Å²) < 4.78 is 19.5. The molecule has 4 heterocycles. The number of rotatable bonds is 3. The van der Waals surface area contributed by atoms with Crippen LogP contribution in [0.4, 0.5) is 10.1 Å². The van der Waals surface area contributed by atoms with Crippen molar-refractivity contribution in [1.82, 2.24) is 19.0 Å². The van der Waals surface area contributed by atoms with Crippen LogP contribution in [0.1, 0.15) is 48.1 Å². The molecule has 3 aliphatic rings. The molecule has 0 spiro atoms. The molecule has 9 heteroatoms. The number of nitriles is 1. The lowest BCUT2D eigenvalue weighted by Gasteiger charge is -2.28. The molecule has 7 rings (SSSR count). The maximum Gasteiger partial charge on any atom is 0.254 e. The van der Waals surface area contributed by atoms with E-state index >= 15 is 4.39 Å². The standard InChI is InChI=1S/C28H28FN7O/c1-3-18-12-32-24-15(11-30)5-4-14-10-22(36(18)25(14)24)27-33-20-9-17(8-19(29)26(20)34(27)2)28(37)35-13-16-6-7-21(35)23(16)31/h4-5,8-10,16,18,21,23,32H,3,6-7,12-13,31H2,1-2H3/t16-,18?,21-,23-/m1/s1. The number of benzene rings is 2. The molecule has 2 fully saturated rings. The van der Waals surface area contributed by atoms with Gasteiger partial charge in [0.2, 0.25) is 0 Å². The number of likely N-dealkylation sites (tertiary alicyclic amines) is 1. The summed E-state index contributed by atoms with van der Waals surface area (Å²) in [6.45, 7) is 3.46. The number of piperidine rings is 1. The normalized spacial score (nSPS) is 24.1. The van der Waals surface area contributed by atoms with Gasteiger partial charge in [-0.2, -0.15) is 5.26 Å². The van der Waals surface area contributed by atoms with Gasteiger partial charge in [-0.05, 0) is 49.4 Å². The predicted octanol–water partition coefficient (Wildman–Crippen LogP) is 4.14. The highest BCUT2D eigenvalue weighted by atomic mass is 19.1. The van der Waals surface area contributed by atoms with Crippen molar-refractivity contribution in [2.45, 2.75) is 44.3 Å². The Bertz CT molecular complexity index is 1660. The van der Waals surface area contributed by atoms with Crippen LogP contribution in [0.3, 0.4) is 0 Å². The minimum atomic E-state index is -0.466. The van der Waals surface area contributed by atoms with Crippen LogP contribution in [0.5, 0.6) is 0 Å². The third-order valence-electron chi connectivity index (χ3n) is 8.79. The number of hydrogen-bond acceptors (Lipinski definition) is 5. The Hall–Kier alpha value is -3.90. The molecule has 1 aliphatic carbocycles. The van der Waals surface area contributed by atoms with E-state index in [9.17, 15) is 10.1 Å². The Morgan fingerprint density at radius 3 is 2.81 bits per heavy atom. The van der Waals surface area contributed by atoms with Gasteiger partial charge in [0.1, 0.15) is 17.4 Å². The number of imidazole rings is 1. The minimum absolute atomic E-state index is 0.00639. The van der Waals surface area contributed by atoms with Crippen LogP contribution >= 0.6 is 0 Å². The first-order valence-corrected chi connectivity index (χ1v) is 13.0. The van der Waals surface area contributed by atoms with Crippen molar-refractivity contribution in [3.63, 3.8) is 0 Å². The largest absolute Gasteiger partial charge is 0.380 e. The summed E-state index contributed by atoms with van der Waals surface area (Å²) in [7, 11) is 1.81. The van der Waals surface area contributed by atoms with Crippen molar-refractivity contribution < 1.29 is 9.18 Å². The van der Waals surface area contributed by atoms with Crippen LogP contribution < -0.4 is 11.1 Å². The first-order valence-electron chi connectivity index (χ1n) is 13.0. The summed E-state index contributed by atoms with van der Waals surface area (Å²) in [6.07, 6.45) is 2.84. The zero-order chi connectivity index (χ0) is 25.6. The van der Waals surface area contributed by atoms with Crippen LogP contribution in [0.15, 0.2) is 30.3 Å². The maximum atomic E-state index is 15.5. The highest BCUT2D eigenvalue weighted by Crippen LogP contribution is 2.41. The van der Waals surface area contributed by atoms with E-state index < -0.39 is 5.82 Å². The fraction of sp³-hybridized carbons (Fsp3) is 0.393. The third kappa shape index (κ3) is 2.96. The van der Waals surface area contributed by atoms with Crippen molar-refractivity contribution in [1.29, 1.82) is 5.26 Å². The second-order valence-corrected chi connectivity index (χ2v) is 10.6. The average Bonchev–Trinajstić information content (AvgIpc) is 3.65. The number of nitrogens with two attached hydrogens (primary N) is 1. The summed E-state index contributed by atoms with van der Waals surface area (Å²) in [5, 5.41) is 14.1. The van der Waals surface area contributed by atoms with Crippen LogP contribution in [0.2, 0.25) is 0 Å². The fourth-order valence-corrected chi connectivity index (χ4v) is 6.88. The van der Waals surface area contributed by atoms with Gasteiger partial charge >= 0.3 is 0 Å². The first kappa shape index (κ1) is 22.3. The molecule has 1 saturated heterocycles. The van der Waals surface area contributed by atoms with E-state index in [-0.39, 0.29) is 24.0 Å². The van der Waals surface area contributed by atoms with Crippen molar-refractivity contribution in [2.75, 3.05) is 18.4 Å². The molecule has 1 unspecified atom stereocenters. The number of carbonyl (C=O) groups excluding carboxylic acids is 1. The van der Waals surface area contributed by atoms with E-state index in [0.717, 1.165) is 41.5 Å². The van der Waals surface area contributed by atoms with Gasteiger partial charge in [-0.15, -0.1) is 0 Å². The molecule has 2 aromatic carbocycles. The Balaban J connectivity index is 1.38. The molecule has 1 amide bonds.